The van der Waals surface area contributed by atoms with Crippen molar-refractivity contribution in [3.8, 4) is 0 Å². The van der Waals surface area contributed by atoms with Crippen LogP contribution in [-0.4, -0.2) is 35.2 Å². The Balaban J connectivity index is 2.02. The average Bonchev–Trinajstić information content (AvgIpc) is 3.19. The predicted octanol–water partition coefficient (Wildman–Crippen LogP) is 3.19. The largest absolute Gasteiger partial charge is 0.472 e. The average molecular weight is 390 g/mol. The maximum absolute atomic E-state index is 11.9. The minimum atomic E-state index is -0.941. The number of ether oxygens (including phenoxy) is 1. The molecular weight excluding hydrogens is 360 g/mol. The van der Waals surface area contributed by atoms with Gasteiger partial charge in [0.05, 0.1) is 30.1 Å². The van der Waals surface area contributed by atoms with Crippen LogP contribution in [0.3, 0.4) is 0 Å². The molecule has 6 nitrogen and oxygen atoms in total. The zero-order valence-corrected chi connectivity index (χ0v) is 16.8. The van der Waals surface area contributed by atoms with Crippen molar-refractivity contribution < 1.29 is 29.0 Å². The quantitative estimate of drug-likeness (QED) is 0.572. The highest BCUT2D eigenvalue weighted by Gasteiger charge is 2.61. The fourth-order valence-electron chi connectivity index (χ4n) is 5.56. The van der Waals surface area contributed by atoms with E-state index in [2.05, 4.69) is 13.8 Å². The van der Waals surface area contributed by atoms with Crippen LogP contribution in [0.2, 0.25) is 0 Å². The van der Waals surface area contributed by atoms with E-state index in [0.29, 0.717) is 24.0 Å². The molecule has 1 aromatic heterocycles. The van der Waals surface area contributed by atoms with Crippen molar-refractivity contribution in [2.75, 3.05) is 6.61 Å². The van der Waals surface area contributed by atoms with E-state index in [-0.39, 0.29) is 23.9 Å². The Morgan fingerprint density at radius 2 is 2.25 bits per heavy atom. The smallest absolute Gasteiger partial charge is 0.302 e. The minimum Gasteiger partial charge on any atom is -0.472 e. The normalized spacial score (nSPS) is 36.2. The van der Waals surface area contributed by atoms with E-state index in [1.54, 1.807) is 12.3 Å². The lowest BCUT2D eigenvalue weighted by molar-refractivity contribution is -0.176. The zero-order chi connectivity index (χ0) is 20.5. The molecule has 1 saturated carbocycles. The number of hydrogen-bond donors (Lipinski definition) is 2. The molecule has 0 bridgehead atoms. The van der Waals surface area contributed by atoms with Gasteiger partial charge in [0.15, 0.2) is 0 Å². The van der Waals surface area contributed by atoms with E-state index in [4.69, 9.17) is 9.15 Å². The van der Waals surface area contributed by atoms with Crippen LogP contribution in [0.25, 0.3) is 0 Å². The number of hydrogen-bond acceptors (Lipinski definition) is 6. The van der Waals surface area contributed by atoms with E-state index < -0.39 is 23.6 Å². The number of fused-ring (bicyclic) bond motifs is 1. The van der Waals surface area contributed by atoms with Gasteiger partial charge in [0.1, 0.15) is 12.9 Å². The monoisotopic (exact) mass is 390 g/mol. The van der Waals surface area contributed by atoms with Crippen molar-refractivity contribution in [2.45, 2.75) is 58.7 Å². The summed E-state index contributed by atoms with van der Waals surface area (Å²) in [6.45, 7) is 5.51. The molecule has 1 heterocycles. The number of rotatable bonds is 6. The molecular formula is C22H30O6. The highest BCUT2D eigenvalue weighted by atomic mass is 16.5. The van der Waals surface area contributed by atoms with Gasteiger partial charge in [-0.05, 0) is 49.0 Å². The molecule has 0 radical (unpaired) electrons. The Labute approximate surface area is 165 Å². The van der Waals surface area contributed by atoms with Crippen LogP contribution in [0.1, 0.15) is 58.1 Å². The first-order valence-corrected chi connectivity index (χ1v) is 9.93. The molecule has 1 aromatic rings. The van der Waals surface area contributed by atoms with Crippen LogP contribution in [0.4, 0.5) is 0 Å². The third kappa shape index (κ3) is 3.33. The van der Waals surface area contributed by atoms with Crippen molar-refractivity contribution in [3.63, 3.8) is 0 Å². The molecule has 1 unspecified atom stereocenters. The van der Waals surface area contributed by atoms with Gasteiger partial charge in [-0.2, -0.15) is 0 Å². The summed E-state index contributed by atoms with van der Waals surface area (Å²) >= 11 is 0. The third-order valence-corrected chi connectivity index (χ3v) is 7.27. The van der Waals surface area contributed by atoms with E-state index in [1.807, 2.05) is 6.08 Å². The van der Waals surface area contributed by atoms with Gasteiger partial charge in [-0.25, -0.2) is 0 Å². The lowest BCUT2D eigenvalue weighted by atomic mass is 9.45. The molecule has 2 aliphatic carbocycles. The van der Waals surface area contributed by atoms with Crippen molar-refractivity contribution >= 4 is 12.3 Å². The number of aliphatic hydroxyl groups is 2. The number of furan rings is 1. The Bertz CT molecular complexity index is 738. The summed E-state index contributed by atoms with van der Waals surface area (Å²) in [6.07, 6.45) is 6.65. The first kappa shape index (κ1) is 20.8. The summed E-state index contributed by atoms with van der Waals surface area (Å²) in [5.41, 5.74) is -0.0812. The van der Waals surface area contributed by atoms with Crippen molar-refractivity contribution in [2.24, 2.45) is 22.7 Å². The Morgan fingerprint density at radius 1 is 1.50 bits per heavy atom. The Kier molecular flexibility index (Phi) is 5.82. The summed E-state index contributed by atoms with van der Waals surface area (Å²) in [5.74, 6) is -0.426. The molecule has 28 heavy (non-hydrogen) atoms. The third-order valence-electron chi connectivity index (χ3n) is 7.27. The standard InChI is InChI=1S/C22H30O6/c1-14-9-20(26)22(13-28-15(2)24)17(11-23)5-4-6-19(22)21(14,3)10-18(25)16-7-8-27-12-16/h5,7-8,11-12,14,18-20,25-26H,4,6,9-10,13H2,1-3H3/t14-,18?,19-,20+,21+,22+/m1/s1. The molecule has 1 fully saturated rings. The molecule has 2 aliphatic rings. The van der Waals surface area contributed by atoms with Crippen molar-refractivity contribution in [3.05, 3.63) is 35.8 Å². The number of aldehydes is 1. The number of aliphatic hydroxyl groups excluding tert-OH is 2. The van der Waals surface area contributed by atoms with E-state index in [9.17, 15) is 19.8 Å². The number of carbonyl (C=O) groups is 2. The molecule has 6 heteroatoms. The maximum Gasteiger partial charge on any atom is 0.302 e. The van der Waals surface area contributed by atoms with Crippen LogP contribution in [0.5, 0.6) is 0 Å². The van der Waals surface area contributed by atoms with Crippen LogP contribution in [0, 0.1) is 22.7 Å². The van der Waals surface area contributed by atoms with Gasteiger partial charge in [0.25, 0.3) is 0 Å². The van der Waals surface area contributed by atoms with Crippen molar-refractivity contribution in [1.29, 1.82) is 0 Å². The molecule has 0 saturated heterocycles. The highest BCUT2D eigenvalue weighted by Crippen LogP contribution is 2.62. The number of esters is 1. The zero-order valence-electron chi connectivity index (χ0n) is 16.8. The highest BCUT2D eigenvalue weighted by molar-refractivity contribution is 5.77. The fourth-order valence-corrected chi connectivity index (χ4v) is 5.56. The Hall–Kier alpha value is -1.92. The summed E-state index contributed by atoms with van der Waals surface area (Å²) in [7, 11) is 0. The first-order chi connectivity index (χ1) is 13.3. The lowest BCUT2D eigenvalue weighted by Gasteiger charge is -2.60. The lowest BCUT2D eigenvalue weighted by Crippen LogP contribution is -2.60. The molecule has 154 valence electrons. The maximum atomic E-state index is 11.9. The molecule has 0 spiro atoms. The van der Waals surface area contributed by atoms with Gasteiger partial charge >= 0.3 is 5.97 Å². The summed E-state index contributed by atoms with van der Waals surface area (Å²) in [6, 6.07) is 1.75. The second kappa shape index (κ2) is 7.84. The van der Waals surface area contributed by atoms with E-state index >= 15 is 0 Å². The summed E-state index contributed by atoms with van der Waals surface area (Å²) in [5, 5.41) is 22.0. The topological polar surface area (TPSA) is 97.0 Å². The second-order valence-corrected chi connectivity index (χ2v) is 8.66. The minimum absolute atomic E-state index is 0.0249. The van der Waals surface area contributed by atoms with Gasteiger partial charge in [-0.1, -0.05) is 19.9 Å². The predicted molar refractivity (Wildman–Crippen MR) is 102 cm³/mol. The molecule has 0 aliphatic heterocycles. The van der Waals surface area contributed by atoms with Gasteiger partial charge < -0.3 is 19.4 Å². The van der Waals surface area contributed by atoms with Gasteiger partial charge in [0.2, 0.25) is 0 Å². The van der Waals surface area contributed by atoms with E-state index in [0.717, 1.165) is 19.1 Å². The molecule has 0 aromatic carbocycles. The first-order valence-electron chi connectivity index (χ1n) is 9.93. The molecule has 0 amide bonds. The number of carbonyl (C=O) groups excluding carboxylic acids is 2. The van der Waals surface area contributed by atoms with Gasteiger partial charge in [-0.3, -0.25) is 9.59 Å². The molecule has 3 rings (SSSR count). The fraction of sp³-hybridized carbons (Fsp3) is 0.636. The summed E-state index contributed by atoms with van der Waals surface area (Å²) < 4.78 is 10.5. The molecule has 2 N–H and O–H groups in total. The SMILES string of the molecule is CC(=O)OC[C@]12C(C=O)=CCC[C@@H]1[C@@](C)(CC(O)c1ccoc1)[C@H](C)C[C@@H]2O. The van der Waals surface area contributed by atoms with Crippen LogP contribution >= 0.6 is 0 Å². The van der Waals surface area contributed by atoms with Gasteiger partial charge in [0, 0.05) is 18.1 Å². The van der Waals surface area contributed by atoms with E-state index in [1.165, 1.54) is 13.2 Å². The van der Waals surface area contributed by atoms with Crippen LogP contribution in [0.15, 0.2) is 34.7 Å². The second-order valence-electron chi connectivity index (χ2n) is 8.66. The summed E-state index contributed by atoms with van der Waals surface area (Å²) in [4.78, 5) is 23.5. The van der Waals surface area contributed by atoms with Crippen molar-refractivity contribution in [1.82, 2.24) is 0 Å². The Morgan fingerprint density at radius 3 is 2.86 bits per heavy atom. The van der Waals surface area contributed by atoms with Gasteiger partial charge in [-0.15, -0.1) is 0 Å². The molecule has 6 atom stereocenters. The number of allylic oxidation sites excluding steroid dienone is 1. The van der Waals surface area contributed by atoms with Crippen LogP contribution < -0.4 is 0 Å². The van der Waals surface area contributed by atoms with Crippen LogP contribution in [-0.2, 0) is 14.3 Å².